The molecule has 194 valence electrons. The number of hydrogen-bond donors (Lipinski definition) is 2. The topological polar surface area (TPSA) is 163 Å². The molecule has 0 heterocycles. The second-order valence-corrected chi connectivity index (χ2v) is 8.02. The molecule has 2 aromatic rings. The van der Waals surface area contributed by atoms with E-state index in [-0.39, 0.29) is 23.2 Å². The third-order valence-electron chi connectivity index (χ3n) is 5.16. The van der Waals surface area contributed by atoms with Gasteiger partial charge >= 0.3 is 0 Å². The van der Waals surface area contributed by atoms with Crippen LogP contribution in [-0.4, -0.2) is 47.0 Å². The number of unbranched alkanes of at least 4 members (excludes halogenated alkanes) is 3. The third kappa shape index (κ3) is 9.57. The van der Waals surface area contributed by atoms with Gasteiger partial charge in [0.2, 0.25) is 0 Å². The number of rotatable bonds is 15. The summed E-state index contributed by atoms with van der Waals surface area (Å²) in [5, 5.41) is 26.9. The molecule has 12 nitrogen and oxygen atoms in total. The van der Waals surface area contributed by atoms with E-state index in [1.165, 1.54) is 48.5 Å². The molecular formula is C24H30N4O8. The average molecular weight is 503 g/mol. The zero-order valence-electron chi connectivity index (χ0n) is 20.2. The third-order valence-corrected chi connectivity index (χ3v) is 5.16. The van der Waals surface area contributed by atoms with Gasteiger partial charge in [0, 0.05) is 37.4 Å². The van der Waals surface area contributed by atoms with Crippen LogP contribution in [0, 0.1) is 20.2 Å². The van der Waals surface area contributed by atoms with Crippen molar-refractivity contribution in [3.05, 3.63) is 68.8 Å². The van der Waals surface area contributed by atoms with Crippen molar-refractivity contribution in [1.82, 2.24) is 10.6 Å². The summed E-state index contributed by atoms with van der Waals surface area (Å²) in [7, 11) is 0. The first-order chi connectivity index (χ1) is 17.2. The first-order valence-electron chi connectivity index (χ1n) is 11.5. The van der Waals surface area contributed by atoms with Gasteiger partial charge in [-0.25, -0.2) is 0 Å². The van der Waals surface area contributed by atoms with Gasteiger partial charge in [-0.15, -0.1) is 0 Å². The minimum Gasteiger partial charge on any atom is -0.481 e. The lowest BCUT2D eigenvalue weighted by Gasteiger charge is -2.15. The minimum atomic E-state index is -0.739. The Labute approximate surface area is 208 Å². The van der Waals surface area contributed by atoms with Crippen molar-refractivity contribution in [2.75, 3.05) is 13.1 Å². The molecule has 12 heteroatoms. The van der Waals surface area contributed by atoms with Crippen molar-refractivity contribution in [2.45, 2.75) is 51.7 Å². The van der Waals surface area contributed by atoms with Crippen LogP contribution in [0.2, 0.25) is 0 Å². The van der Waals surface area contributed by atoms with E-state index in [1.807, 2.05) is 0 Å². The van der Waals surface area contributed by atoms with Crippen molar-refractivity contribution >= 4 is 23.2 Å². The predicted molar refractivity (Wildman–Crippen MR) is 131 cm³/mol. The number of nitro benzene ring substituents is 2. The molecule has 2 N–H and O–H groups in total. The molecule has 2 rings (SSSR count). The highest BCUT2D eigenvalue weighted by Crippen LogP contribution is 2.19. The molecule has 0 spiro atoms. The summed E-state index contributed by atoms with van der Waals surface area (Å²) in [4.78, 5) is 44.6. The number of benzene rings is 2. The lowest BCUT2D eigenvalue weighted by molar-refractivity contribution is -0.385. The lowest BCUT2D eigenvalue weighted by atomic mass is 10.2. The maximum absolute atomic E-state index is 12.1. The Morgan fingerprint density at radius 2 is 1.03 bits per heavy atom. The summed E-state index contributed by atoms with van der Waals surface area (Å²) in [6.45, 7) is 4.18. The molecule has 0 saturated heterocycles. The van der Waals surface area contributed by atoms with E-state index >= 15 is 0 Å². The lowest BCUT2D eigenvalue weighted by Crippen LogP contribution is -2.37. The monoisotopic (exact) mass is 502 g/mol. The minimum absolute atomic E-state index is 0.0517. The van der Waals surface area contributed by atoms with Gasteiger partial charge in [0.05, 0.1) is 9.85 Å². The van der Waals surface area contributed by atoms with Crippen molar-refractivity contribution in [1.29, 1.82) is 0 Å². The Bertz CT molecular complexity index is 944. The molecule has 0 aromatic heterocycles. The normalized spacial score (nSPS) is 12.2. The zero-order chi connectivity index (χ0) is 26.5. The molecular weight excluding hydrogens is 472 g/mol. The molecule has 0 saturated carbocycles. The van der Waals surface area contributed by atoms with Crippen LogP contribution in [-0.2, 0) is 9.59 Å². The van der Waals surface area contributed by atoms with Crippen LogP contribution in [0.5, 0.6) is 11.5 Å². The number of non-ortho nitro benzene ring substituents is 2. The smallest absolute Gasteiger partial charge is 0.269 e. The van der Waals surface area contributed by atoms with E-state index in [2.05, 4.69) is 10.6 Å². The van der Waals surface area contributed by atoms with Gasteiger partial charge in [0.1, 0.15) is 11.5 Å². The molecule has 36 heavy (non-hydrogen) atoms. The van der Waals surface area contributed by atoms with E-state index in [0.29, 0.717) is 24.6 Å². The number of amides is 2. The standard InChI is InChI=1S/C24H30N4O8/c1-17(35-21-11-7-19(8-12-21)27(31)32)23(29)25-15-5-3-4-6-16-26-24(30)18(2)36-22-13-9-20(10-14-22)28(33)34/h7-14,17-18H,3-6,15-16H2,1-2H3,(H,25,29)(H,26,30). The summed E-state index contributed by atoms with van der Waals surface area (Å²) in [6.07, 6.45) is 1.78. The van der Waals surface area contributed by atoms with Crippen LogP contribution in [0.15, 0.2) is 48.5 Å². The number of carbonyl (C=O) groups excluding carboxylic acids is 2. The summed E-state index contributed by atoms with van der Waals surface area (Å²) < 4.78 is 11.0. The van der Waals surface area contributed by atoms with Crippen molar-refractivity contribution in [2.24, 2.45) is 0 Å². The Morgan fingerprint density at radius 3 is 1.33 bits per heavy atom. The number of hydrogen-bond acceptors (Lipinski definition) is 8. The summed E-state index contributed by atoms with van der Waals surface area (Å²) >= 11 is 0. The molecule has 2 amide bonds. The molecule has 0 radical (unpaired) electrons. The number of nitro groups is 2. The maximum atomic E-state index is 12.1. The van der Waals surface area contributed by atoms with E-state index in [4.69, 9.17) is 9.47 Å². The van der Waals surface area contributed by atoms with Gasteiger partial charge in [-0.3, -0.25) is 29.8 Å². The van der Waals surface area contributed by atoms with Crippen molar-refractivity contribution in [3.63, 3.8) is 0 Å². The van der Waals surface area contributed by atoms with Crippen LogP contribution in [0.4, 0.5) is 11.4 Å². The highest BCUT2D eigenvalue weighted by atomic mass is 16.6. The van der Waals surface area contributed by atoms with Gasteiger partial charge in [0.25, 0.3) is 23.2 Å². The van der Waals surface area contributed by atoms with Gasteiger partial charge in [-0.05, 0) is 51.0 Å². The SMILES string of the molecule is CC(Oc1ccc([N+](=O)[O-])cc1)C(=O)NCCCCCCNC(=O)C(C)Oc1ccc([N+](=O)[O-])cc1. The van der Waals surface area contributed by atoms with Crippen molar-refractivity contribution in [3.8, 4) is 11.5 Å². The fourth-order valence-corrected chi connectivity index (χ4v) is 3.12. The second-order valence-electron chi connectivity index (χ2n) is 8.02. The Kier molecular flexibility index (Phi) is 11.1. The fourth-order valence-electron chi connectivity index (χ4n) is 3.12. The van der Waals surface area contributed by atoms with E-state index in [9.17, 15) is 29.8 Å². The van der Waals surface area contributed by atoms with Crippen LogP contribution in [0.1, 0.15) is 39.5 Å². The number of nitrogens with one attached hydrogen (secondary N) is 2. The van der Waals surface area contributed by atoms with Gasteiger partial charge in [0.15, 0.2) is 12.2 Å². The van der Waals surface area contributed by atoms with Crippen LogP contribution in [0.25, 0.3) is 0 Å². The molecule has 2 aromatic carbocycles. The maximum Gasteiger partial charge on any atom is 0.269 e. The largest absolute Gasteiger partial charge is 0.481 e. The molecule has 0 aliphatic rings. The summed E-state index contributed by atoms with van der Waals surface area (Å²) in [5.41, 5.74) is -0.103. The quantitative estimate of drug-likeness (QED) is 0.212. The Balaban J connectivity index is 1.53. The van der Waals surface area contributed by atoms with E-state index < -0.39 is 22.1 Å². The summed E-state index contributed by atoms with van der Waals surface area (Å²) in [5.74, 6) is 0.195. The average Bonchev–Trinajstić information content (AvgIpc) is 2.85. The number of ether oxygens (including phenoxy) is 2. The Hall–Kier alpha value is -4.22. The van der Waals surface area contributed by atoms with Gasteiger partial charge in [-0.2, -0.15) is 0 Å². The molecule has 0 aliphatic carbocycles. The molecule has 2 unspecified atom stereocenters. The molecule has 2 atom stereocenters. The fraction of sp³-hybridized carbons (Fsp3) is 0.417. The Morgan fingerprint density at radius 1 is 0.694 bits per heavy atom. The van der Waals surface area contributed by atoms with Crippen molar-refractivity contribution < 1.29 is 28.9 Å². The highest BCUT2D eigenvalue weighted by molar-refractivity contribution is 5.81. The summed E-state index contributed by atoms with van der Waals surface area (Å²) in [6, 6.07) is 11.0. The number of nitrogens with zero attached hydrogens (tertiary/aromatic N) is 2. The highest BCUT2D eigenvalue weighted by Gasteiger charge is 2.16. The van der Waals surface area contributed by atoms with E-state index in [1.54, 1.807) is 13.8 Å². The van der Waals surface area contributed by atoms with Crippen LogP contribution >= 0.6 is 0 Å². The number of carbonyl (C=O) groups is 2. The molecule has 0 bridgehead atoms. The first kappa shape index (κ1) is 28.0. The molecule has 0 fully saturated rings. The van der Waals surface area contributed by atoms with Crippen LogP contribution < -0.4 is 20.1 Å². The first-order valence-corrected chi connectivity index (χ1v) is 11.5. The predicted octanol–water partition coefficient (Wildman–Crippen LogP) is 3.53. The van der Waals surface area contributed by atoms with Gasteiger partial charge in [-0.1, -0.05) is 12.8 Å². The zero-order valence-corrected chi connectivity index (χ0v) is 20.2. The molecule has 0 aliphatic heterocycles. The second kappa shape index (κ2) is 14.2. The van der Waals surface area contributed by atoms with E-state index in [0.717, 1.165) is 25.7 Å². The van der Waals surface area contributed by atoms with Gasteiger partial charge < -0.3 is 20.1 Å². The van der Waals surface area contributed by atoms with Crippen LogP contribution in [0.3, 0.4) is 0 Å².